The number of carboxylic acid groups (broad SMARTS) is 1. The Labute approximate surface area is 120 Å². The van der Waals surface area contributed by atoms with Crippen LogP contribution in [0, 0.1) is 0 Å². The van der Waals surface area contributed by atoms with Crippen LogP contribution in [0.4, 0.5) is 0 Å². The second kappa shape index (κ2) is 5.09. The largest absolute Gasteiger partial charge is 0.479 e. The fourth-order valence-electron chi connectivity index (χ4n) is 2.45. The molecule has 2 N–H and O–H groups in total. The SMILES string of the molecule is O=C(NC(C(=O)O)c1cccs1)C1Cc2ccccc21. The van der Waals surface area contributed by atoms with E-state index in [1.807, 2.05) is 24.3 Å². The molecule has 1 aliphatic rings. The van der Waals surface area contributed by atoms with E-state index in [1.54, 1.807) is 17.5 Å². The number of fused-ring (bicyclic) bond motifs is 1. The predicted octanol–water partition coefficient (Wildman–Crippen LogP) is 2.33. The standard InChI is InChI=1S/C15H13NO3S/c17-14(11-8-9-4-1-2-5-10(9)11)16-13(15(18)19)12-6-3-7-20-12/h1-7,11,13H,8H2,(H,16,17)(H,18,19). The first-order chi connectivity index (χ1) is 9.66. The maximum atomic E-state index is 12.2. The van der Waals surface area contributed by atoms with Crippen LogP contribution in [-0.4, -0.2) is 17.0 Å². The lowest BCUT2D eigenvalue weighted by atomic mass is 9.77. The maximum Gasteiger partial charge on any atom is 0.331 e. The number of carboxylic acids is 1. The van der Waals surface area contributed by atoms with E-state index < -0.39 is 12.0 Å². The van der Waals surface area contributed by atoms with Crippen molar-refractivity contribution >= 4 is 23.2 Å². The first-order valence-corrected chi connectivity index (χ1v) is 7.19. The molecule has 4 nitrogen and oxygen atoms in total. The van der Waals surface area contributed by atoms with Gasteiger partial charge in [-0.1, -0.05) is 30.3 Å². The molecule has 0 fully saturated rings. The van der Waals surface area contributed by atoms with Crippen LogP contribution in [0.25, 0.3) is 0 Å². The normalized spacial score (nSPS) is 17.7. The highest BCUT2D eigenvalue weighted by Gasteiger charge is 2.34. The maximum absolute atomic E-state index is 12.2. The minimum absolute atomic E-state index is 0.218. The summed E-state index contributed by atoms with van der Waals surface area (Å²) in [4.78, 5) is 24.2. The molecule has 1 aromatic heterocycles. The van der Waals surface area contributed by atoms with Gasteiger partial charge < -0.3 is 10.4 Å². The van der Waals surface area contributed by atoms with E-state index >= 15 is 0 Å². The van der Waals surface area contributed by atoms with Gasteiger partial charge in [0.25, 0.3) is 0 Å². The molecule has 0 saturated heterocycles. The number of thiophene rings is 1. The van der Waals surface area contributed by atoms with E-state index in [4.69, 9.17) is 0 Å². The molecule has 1 heterocycles. The van der Waals surface area contributed by atoms with Crippen molar-refractivity contribution in [3.63, 3.8) is 0 Å². The van der Waals surface area contributed by atoms with Crippen LogP contribution in [0.15, 0.2) is 41.8 Å². The van der Waals surface area contributed by atoms with Crippen LogP contribution in [0.3, 0.4) is 0 Å². The topological polar surface area (TPSA) is 66.4 Å². The zero-order valence-electron chi connectivity index (χ0n) is 10.6. The number of hydrogen-bond acceptors (Lipinski definition) is 3. The fraction of sp³-hybridized carbons (Fsp3) is 0.200. The summed E-state index contributed by atoms with van der Waals surface area (Å²) in [5, 5.41) is 13.7. The highest BCUT2D eigenvalue weighted by atomic mass is 32.1. The van der Waals surface area contributed by atoms with Gasteiger partial charge in [0.2, 0.25) is 5.91 Å². The minimum atomic E-state index is -1.03. The zero-order chi connectivity index (χ0) is 14.1. The Balaban J connectivity index is 1.75. The average molecular weight is 287 g/mol. The van der Waals surface area contributed by atoms with Crippen molar-refractivity contribution in [1.82, 2.24) is 5.32 Å². The van der Waals surface area contributed by atoms with Crippen LogP contribution < -0.4 is 5.32 Å². The van der Waals surface area contributed by atoms with Crippen LogP contribution in [-0.2, 0) is 16.0 Å². The number of aliphatic carboxylic acids is 1. The molecule has 5 heteroatoms. The molecule has 0 saturated carbocycles. The van der Waals surface area contributed by atoms with Gasteiger partial charge >= 0.3 is 5.97 Å². The van der Waals surface area contributed by atoms with E-state index in [2.05, 4.69) is 5.32 Å². The van der Waals surface area contributed by atoms with Gasteiger partial charge in [-0.2, -0.15) is 0 Å². The first-order valence-electron chi connectivity index (χ1n) is 6.31. The summed E-state index contributed by atoms with van der Waals surface area (Å²) < 4.78 is 0. The van der Waals surface area contributed by atoms with Gasteiger partial charge in [-0.15, -0.1) is 11.3 Å². The second-order valence-electron chi connectivity index (χ2n) is 4.75. The summed E-state index contributed by atoms with van der Waals surface area (Å²) in [5.74, 6) is -1.48. The molecule has 0 radical (unpaired) electrons. The molecule has 2 aromatic rings. The van der Waals surface area contributed by atoms with Gasteiger partial charge in [-0.25, -0.2) is 4.79 Å². The Hall–Kier alpha value is -2.14. The lowest BCUT2D eigenvalue weighted by Gasteiger charge is -2.29. The molecule has 0 spiro atoms. The van der Waals surface area contributed by atoms with Crippen molar-refractivity contribution in [1.29, 1.82) is 0 Å². The first kappa shape index (κ1) is 12.9. The summed E-state index contributed by atoms with van der Waals surface area (Å²) in [6, 6.07) is 10.3. The molecule has 0 aliphatic heterocycles. The van der Waals surface area contributed by atoms with Crippen LogP contribution in [0.2, 0.25) is 0 Å². The number of amides is 1. The summed E-state index contributed by atoms with van der Waals surface area (Å²) in [6.45, 7) is 0. The number of carbonyl (C=O) groups is 2. The number of hydrogen-bond donors (Lipinski definition) is 2. The minimum Gasteiger partial charge on any atom is -0.479 e. The molecular weight excluding hydrogens is 274 g/mol. The molecule has 20 heavy (non-hydrogen) atoms. The highest BCUT2D eigenvalue weighted by Crippen LogP contribution is 2.35. The molecule has 2 atom stereocenters. The Morgan fingerprint density at radius 3 is 2.70 bits per heavy atom. The van der Waals surface area contributed by atoms with E-state index in [1.165, 1.54) is 11.3 Å². The number of rotatable bonds is 4. The summed E-state index contributed by atoms with van der Waals surface area (Å²) in [6.07, 6.45) is 0.679. The van der Waals surface area contributed by atoms with E-state index in [9.17, 15) is 14.7 Å². The third-order valence-electron chi connectivity index (χ3n) is 3.53. The Morgan fingerprint density at radius 2 is 2.05 bits per heavy atom. The van der Waals surface area contributed by atoms with Gasteiger partial charge in [0.05, 0.1) is 5.92 Å². The quantitative estimate of drug-likeness (QED) is 0.907. The Kier molecular flexibility index (Phi) is 3.28. The van der Waals surface area contributed by atoms with Crippen molar-refractivity contribution in [2.24, 2.45) is 0 Å². The number of nitrogens with one attached hydrogen (secondary N) is 1. The third kappa shape index (κ3) is 2.20. The van der Waals surface area contributed by atoms with Gasteiger partial charge in [0.15, 0.2) is 6.04 Å². The zero-order valence-corrected chi connectivity index (χ0v) is 11.4. The van der Waals surface area contributed by atoms with Gasteiger partial charge in [-0.3, -0.25) is 4.79 Å². The van der Waals surface area contributed by atoms with Crippen molar-refractivity contribution in [2.75, 3.05) is 0 Å². The fourth-order valence-corrected chi connectivity index (χ4v) is 3.21. The van der Waals surface area contributed by atoms with Crippen molar-refractivity contribution in [2.45, 2.75) is 18.4 Å². The molecule has 1 aromatic carbocycles. The second-order valence-corrected chi connectivity index (χ2v) is 5.73. The molecule has 1 amide bonds. The van der Waals surface area contributed by atoms with Crippen molar-refractivity contribution < 1.29 is 14.7 Å². The smallest absolute Gasteiger partial charge is 0.331 e. The lowest BCUT2D eigenvalue weighted by Crippen LogP contribution is -2.40. The molecule has 0 bridgehead atoms. The Morgan fingerprint density at radius 1 is 1.25 bits per heavy atom. The van der Waals surface area contributed by atoms with Crippen LogP contribution in [0.1, 0.15) is 28.0 Å². The number of carbonyl (C=O) groups excluding carboxylic acids is 1. The van der Waals surface area contributed by atoms with Crippen LogP contribution >= 0.6 is 11.3 Å². The number of benzene rings is 1. The molecular formula is C15H13NO3S. The van der Waals surface area contributed by atoms with Crippen molar-refractivity contribution in [3.05, 3.63) is 57.8 Å². The molecule has 3 rings (SSSR count). The van der Waals surface area contributed by atoms with Crippen LogP contribution in [0.5, 0.6) is 0 Å². The lowest BCUT2D eigenvalue weighted by molar-refractivity contribution is -0.142. The summed E-state index contributed by atoms with van der Waals surface area (Å²) in [5.41, 5.74) is 2.16. The van der Waals surface area contributed by atoms with Crippen molar-refractivity contribution in [3.8, 4) is 0 Å². The van der Waals surface area contributed by atoms with Gasteiger partial charge in [-0.05, 0) is 29.0 Å². The Bertz CT molecular complexity index is 651. The van der Waals surface area contributed by atoms with E-state index in [0.29, 0.717) is 11.3 Å². The molecule has 1 aliphatic carbocycles. The monoisotopic (exact) mass is 287 g/mol. The van der Waals surface area contributed by atoms with Gasteiger partial charge in [0, 0.05) is 4.88 Å². The summed E-state index contributed by atoms with van der Waals surface area (Å²) >= 11 is 1.33. The summed E-state index contributed by atoms with van der Waals surface area (Å²) in [7, 11) is 0. The third-order valence-corrected chi connectivity index (χ3v) is 4.47. The average Bonchev–Trinajstić information content (AvgIpc) is 2.90. The highest BCUT2D eigenvalue weighted by molar-refractivity contribution is 7.10. The molecule has 2 unspecified atom stereocenters. The van der Waals surface area contributed by atoms with E-state index in [-0.39, 0.29) is 11.8 Å². The van der Waals surface area contributed by atoms with E-state index in [0.717, 1.165) is 11.1 Å². The molecule has 102 valence electrons. The van der Waals surface area contributed by atoms with Gasteiger partial charge in [0.1, 0.15) is 0 Å². The predicted molar refractivity (Wildman–Crippen MR) is 75.7 cm³/mol.